The maximum Gasteiger partial charge on any atom is 0.0166 e. The Bertz CT molecular complexity index is 143. The van der Waals surface area contributed by atoms with E-state index in [2.05, 4.69) is 24.0 Å². The number of nitrogens with zero attached hydrogens (tertiary/aromatic N) is 1. The van der Waals surface area contributed by atoms with Gasteiger partial charge in [0.05, 0.1) is 0 Å². The highest BCUT2D eigenvalue weighted by Crippen LogP contribution is 2.10. The van der Waals surface area contributed by atoms with Gasteiger partial charge in [0.15, 0.2) is 0 Å². The highest BCUT2D eigenvalue weighted by atomic mass is 15.1. The Morgan fingerprint density at radius 1 is 1.50 bits per heavy atom. The van der Waals surface area contributed by atoms with Gasteiger partial charge in [0.25, 0.3) is 0 Å². The van der Waals surface area contributed by atoms with Crippen LogP contribution in [0.4, 0.5) is 0 Å². The smallest absolute Gasteiger partial charge is 0.0166 e. The molecule has 1 aliphatic heterocycles. The van der Waals surface area contributed by atoms with Crippen molar-refractivity contribution in [1.82, 2.24) is 4.90 Å². The van der Waals surface area contributed by atoms with E-state index in [1.165, 1.54) is 19.4 Å². The number of hydrogen-bond donors (Lipinski definition) is 1. The first-order chi connectivity index (χ1) is 5.84. The van der Waals surface area contributed by atoms with Crippen molar-refractivity contribution in [3.8, 4) is 0 Å². The van der Waals surface area contributed by atoms with Crippen LogP contribution in [0, 0.1) is 0 Å². The van der Waals surface area contributed by atoms with Gasteiger partial charge in [-0.1, -0.05) is 12.2 Å². The molecule has 1 aliphatic rings. The maximum absolute atomic E-state index is 5.47. The molecule has 0 aromatic carbocycles. The maximum atomic E-state index is 5.47. The molecule has 1 heterocycles. The molecule has 0 bridgehead atoms. The molecule has 70 valence electrons. The van der Waals surface area contributed by atoms with Crippen LogP contribution in [0.5, 0.6) is 0 Å². The lowest BCUT2D eigenvalue weighted by molar-refractivity contribution is 0.216. The van der Waals surface area contributed by atoms with E-state index >= 15 is 0 Å². The minimum atomic E-state index is 0.707. The monoisotopic (exact) mass is 168 g/mol. The van der Waals surface area contributed by atoms with Crippen LogP contribution in [-0.2, 0) is 0 Å². The number of rotatable bonds is 4. The summed E-state index contributed by atoms with van der Waals surface area (Å²) in [5.41, 5.74) is 5.47. The molecular formula is C10H20N2. The molecule has 0 aliphatic carbocycles. The molecule has 0 spiro atoms. The van der Waals surface area contributed by atoms with Gasteiger partial charge in [-0.25, -0.2) is 0 Å². The zero-order valence-corrected chi connectivity index (χ0v) is 8.00. The van der Waals surface area contributed by atoms with E-state index in [1.807, 2.05) is 0 Å². The average molecular weight is 168 g/mol. The Balaban J connectivity index is 2.21. The molecule has 0 radical (unpaired) electrons. The molecular weight excluding hydrogens is 148 g/mol. The normalized spacial score (nSPS) is 21.2. The summed E-state index contributed by atoms with van der Waals surface area (Å²) >= 11 is 0. The summed E-state index contributed by atoms with van der Waals surface area (Å²) < 4.78 is 0. The third-order valence-corrected chi connectivity index (χ3v) is 2.54. The van der Waals surface area contributed by atoms with Crippen molar-refractivity contribution in [2.75, 3.05) is 19.6 Å². The second kappa shape index (κ2) is 5.33. The zero-order chi connectivity index (χ0) is 8.81. The molecule has 0 fully saturated rings. The van der Waals surface area contributed by atoms with Crippen molar-refractivity contribution < 1.29 is 0 Å². The summed E-state index contributed by atoms with van der Waals surface area (Å²) in [6, 6.07) is 0.707. The summed E-state index contributed by atoms with van der Waals surface area (Å²) in [7, 11) is 0. The van der Waals surface area contributed by atoms with Gasteiger partial charge in [-0.3, -0.25) is 4.90 Å². The first kappa shape index (κ1) is 9.75. The number of nitrogens with two attached hydrogens (primary N) is 1. The molecule has 0 saturated heterocycles. The lowest BCUT2D eigenvalue weighted by Gasteiger charge is -2.29. The summed E-state index contributed by atoms with van der Waals surface area (Å²) in [5, 5.41) is 0. The third-order valence-electron chi connectivity index (χ3n) is 2.54. The molecule has 2 N–H and O–H groups in total. The van der Waals surface area contributed by atoms with Crippen molar-refractivity contribution in [2.24, 2.45) is 5.73 Å². The van der Waals surface area contributed by atoms with Crippen molar-refractivity contribution >= 4 is 0 Å². The van der Waals surface area contributed by atoms with Crippen LogP contribution in [0.3, 0.4) is 0 Å². The van der Waals surface area contributed by atoms with Crippen LogP contribution >= 0.6 is 0 Å². The molecule has 0 saturated carbocycles. The van der Waals surface area contributed by atoms with Gasteiger partial charge in [-0.2, -0.15) is 0 Å². The molecule has 0 amide bonds. The molecule has 1 rings (SSSR count). The standard InChI is InChI=1S/C10H20N2/c1-10(6-5-7-11)12-8-3-2-4-9-12/h2-3,10H,4-9,11H2,1H3. The Morgan fingerprint density at radius 2 is 2.33 bits per heavy atom. The fourth-order valence-corrected chi connectivity index (χ4v) is 1.66. The lowest BCUT2D eigenvalue weighted by atomic mass is 10.1. The molecule has 0 aromatic rings. The van der Waals surface area contributed by atoms with Crippen LogP contribution in [0.1, 0.15) is 26.2 Å². The van der Waals surface area contributed by atoms with Crippen LogP contribution in [0.2, 0.25) is 0 Å². The van der Waals surface area contributed by atoms with Gasteiger partial charge < -0.3 is 5.73 Å². The largest absolute Gasteiger partial charge is 0.330 e. The van der Waals surface area contributed by atoms with E-state index in [0.29, 0.717) is 6.04 Å². The quantitative estimate of drug-likeness (QED) is 0.642. The Hall–Kier alpha value is -0.340. The highest BCUT2D eigenvalue weighted by Gasteiger charge is 2.12. The second-order valence-electron chi connectivity index (χ2n) is 3.53. The predicted octanol–water partition coefficient (Wildman–Crippen LogP) is 1.38. The molecule has 0 aromatic heterocycles. The summed E-state index contributed by atoms with van der Waals surface area (Å²) in [4.78, 5) is 2.52. The highest BCUT2D eigenvalue weighted by molar-refractivity contribution is 4.92. The minimum absolute atomic E-state index is 0.707. The van der Waals surface area contributed by atoms with Crippen LogP contribution < -0.4 is 5.73 Å². The second-order valence-corrected chi connectivity index (χ2v) is 3.53. The zero-order valence-electron chi connectivity index (χ0n) is 8.00. The van der Waals surface area contributed by atoms with Crippen molar-refractivity contribution in [1.29, 1.82) is 0 Å². The first-order valence-electron chi connectivity index (χ1n) is 4.93. The van der Waals surface area contributed by atoms with E-state index in [-0.39, 0.29) is 0 Å². The lowest BCUT2D eigenvalue weighted by Crippen LogP contribution is -2.35. The van der Waals surface area contributed by atoms with E-state index in [0.717, 1.165) is 19.5 Å². The summed E-state index contributed by atoms with van der Waals surface area (Å²) in [6.07, 6.45) is 8.15. The molecule has 2 heteroatoms. The fraction of sp³-hybridized carbons (Fsp3) is 0.800. The van der Waals surface area contributed by atoms with E-state index in [9.17, 15) is 0 Å². The summed E-state index contributed by atoms with van der Waals surface area (Å²) in [5.74, 6) is 0. The Morgan fingerprint density at radius 3 is 2.92 bits per heavy atom. The van der Waals surface area contributed by atoms with Gasteiger partial charge in [0, 0.05) is 19.1 Å². The molecule has 12 heavy (non-hydrogen) atoms. The fourth-order valence-electron chi connectivity index (χ4n) is 1.66. The van der Waals surface area contributed by atoms with E-state index in [1.54, 1.807) is 0 Å². The predicted molar refractivity (Wildman–Crippen MR) is 53.1 cm³/mol. The Kier molecular flexibility index (Phi) is 4.33. The van der Waals surface area contributed by atoms with E-state index < -0.39 is 0 Å². The van der Waals surface area contributed by atoms with Crippen LogP contribution in [-0.4, -0.2) is 30.6 Å². The third kappa shape index (κ3) is 2.95. The molecule has 1 atom stereocenters. The minimum Gasteiger partial charge on any atom is -0.330 e. The van der Waals surface area contributed by atoms with Gasteiger partial charge in [-0.05, 0) is 32.7 Å². The molecule has 1 unspecified atom stereocenters. The van der Waals surface area contributed by atoms with Crippen LogP contribution in [0.15, 0.2) is 12.2 Å². The SMILES string of the molecule is CC(CCCN)N1CC=CCC1. The van der Waals surface area contributed by atoms with Crippen LogP contribution in [0.25, 0.3) is 0 Å². The van der Waals surface area contributed by atoms with Gasteiger partial charge in [-0.15, -0.1) is 0 Å². The van der Waals surface area contributed by atoms with Crippen molar-refractivity contribution in [3.05, 3.63) is 12.2 Å². The van der Waals surface area contributed by atoms with E-state index in [4.69, 9.17) is 5.73 Å². The van der Waals surface area contributed by atoms with Gasteiger partial charge >= 0.3 is 0 Å². The van der Waals surface area contributed by atoms with Crippen molar-refractivity contribution in [3.63, 3.8) is 0 Å². The first-order valence-corrected chi connectivity index (χ1v) is 4.93. The van der Waals surface area contributed by atoms with Gasteiger partial charge in [0.2, 0.25) is 0 Å². The summed E-state index contributed by atoms with van der Waals surface area (Å²) in [6.45, 7) is 5.48. The average Bonchev–Trinajstić information content (AvgIpc) is 2.15. The topological polar surface area (TPSA) is 29.3 Å². The number of hydrogen-bond acceptors (Lipinski definition) is 2. The Labute approximate surface area is 75.4 Å². The molecule has 2 nitrogen and oxygen atoms in total. The van der Waals surface area contributed by atoms with Crippen molar-refractivity contribution in [2.45, 2.75) is 32.2 Å². The van der Waals surface area contributed by atoms with Gasteiger partial charge in [0.1, 0.15) is 0 Å².